The monoisotopic (exact) mass is 157 g/mol. The van der Waals surface area contributed by atoms with E-state index in [4.69, 9.17) is 5.11 Å². The molecule has 0 aromatic carbocycles. The molecule has 0 aromatic rings. The Balaban J connectivity index is 2.49. The average Bonchev–Trinajstić information content (AvgIpc) is 2.18. The van der Waals surface area contributed by atoms with E-state index in [9.17, 15) is 9.59 Å². The normalized spacial score (nSPS) is 24.3. The van der Waals surface area contributed by atoms with Gasteiger partial charge in [0, 0.05) is 12.5 Å². The Labute approximate surface area is 64.8 Å². The Kier molecular flexibility index (Phi) is 2.12. The summed E-state index contributed by atoms with van der Waals surface area (Å²) < 4.78 is 0. The highest BCUT2D eigenvalue weighted by Gasteiger charge is 2.28. The molecular formula is C7H11NO3. The van der Waals surface area contributed by atoms with E-state index >= 15 is 0 Å². The molecule has 0 aromatic heterocycles. The SMILES string of the molecule is CC1CCN(CC(=O)O)C1=O. The minimum Gasteiger partial charge on any atom is -0.480 e. The molecule has 1 N–H and O–H groups in total. The molecule has 1 amide bonds. The van der Waals surface area contributed by atoms with Gasteiger partial charge in [0.25, 0.3) is 0 Å². The van der Waals surface area contributed by atoms with Gasteiger partial charge in [-0.3, -0.25) is 9.59 Å². The lowest BCUT2D eigenvalue weighted by atomic mass is 10.1. The second-order valence-corrected chi connectivity index (χ2v) is 2.84. The van der Waals surface area contributed by atoms with Crippen LogP contribution >= 0.6 is 0 Å². The zero-order valence-corrected chi connectivity index (χ0v) is 6.41. The number of carbonyl (C=O) groups excluding carboxylic acids is 1. The van der Waals surface area contributed by atoms with Crippen molar-refractivity contribution in [1.82, 2.24) is 4.90 Å². The number of hydrogen-bond acceptors (Lipinski definition) is 2. The van der Waals surface area contributed by atoms with Crippen molar-refractivity contribution in [3.8, 4) is 0 Å². The lowest BCUT2D eigenvalue weighted by Crippen LogP contribution is -2.31. The van der Waals surface area contributed by atoms with Gasteiger partial charge in [-0.2, -0.15) is 0 Å². The van der Waals surface area contributed by atoms with E-state index in [2.05, 4.69) is 0 Å². The fraction of sp³-hybridized carbons (Fsp3) is 0.714. The van der Waals surface area contributed by atoms with Gasteiger partial charge in [-0.05, 0) is 6.42 Å². The van der Waals surface area contributed by atoms with Crippen molar-refractivity contribution in [3.63, 3.8) is 0 Å². The Hall–Kier alpha value is -1.06. The van der Waals surface area contributed by atoms with Crippen molar-refractivity contribution >= 4 is 11.9 Å². The topological polar surface area (TPSA) is 57.6 Å². The van der Waals surface area contributed by atoms with Crippen molar-refractivity contribution in [3.05, 3.63) is 0 Å². The van der Waals surface area contributed by atoms with Crippen molar-refractivity contribution in [1.29, 1.82) is 0 Å². The first-order chi connectivity index (χ1) is 5.11. The number of carboxylic acids is 1. The third-order valence-corrected chi connectivity index (χ3v) is 1.89. The largest absolute Gasteiger partial charge is 0.480 e. The molecule has 1 heterocycles. The van der Waals surface area contributed by atoms with Crippen LogP contribution < -0.4 is 0 Å². The second kappa shape index (κ2) is 2.90. The Morgan fingerprint density at radius 1 is 1.82 bits per heavy atom. The van der Waals surface area contributed by atoms with Crippen molar-refractivity contribution < 1.29 is 14.7 Å². The molecule has 0 spiro atoms. The summed E-state index contributed by atoms with van der Waals surface area (Å²) in [5, 5.41) is 8.38. The van der Waals surface area contributed by atoms with Gasteiger partial charge >= 0.3 is 5.97 Å². The molecular weight excluding hydrogens is 146 g/mol. The summed E-state index contributed by atoms with van der Waals surface area (Å²) in [6.07, 6.45) is 0.784. The second-order valence-electron chi connectivity index (χ2n) is 2.84. The summed E-state index contributed by atoms with van der Waals surface area (Å²) in [4.78, 5) is 22.7. The van der Waals surface area contributed by atoms with E-state index < -0.39 is 5.97 Å². The van der Waals surface area contributed by atoms with E-state index in [0.29, 0.717) is 6.54 Å². The molecule has 1 unspecified atom stereocenters. The average molecular weight is 157 g/mol. The van der Waals surface area contributed by atoms with Gasteiger partial charge < -0.3 is 10.0 Å². The minimum absolute atomic E-state index is 0.00866. The first kappa shape index (κ1) is 8.04. The molecule has 0 radical (unpaired) electrons. The fourth-order valence-electron chi connectivity index (χ4n) is 1.22. The lowest BCUT2D eigenvalue weighted by molar-refractivity contribution is -0.143. The summed E-state index contributed by atoms with van der Waals surface area (Å²) in [5.74, 6) is -0.964. The van der Waals surface area contributed by atoms with E-state index in [1.54, 1.807) is 0 Å². The van der Waals surface area contributed by atoms with Crippen LogP contribution in [0.25, 0.3) is 0 Å². The smallest absolute Gasteiger partial charge is 0.323 e. The maximum absolute atomic E-state index is 11.1. The van der Waals surface area contributed by atoms with Crippen LogP contribution in [0.2, 0.25) is 0 Å². The predicted octanol–water partition coefficient (Wildman–Crippen LogP) is -0.0606. The van der Waals surface area contributed by atoms with E-state index in [0.717, 1.165) is 6.42 Å². The molecule has 1 saturated heterocycles. The minimum atomic E-state index is -0.938. The zero-order chi connectivity index (χ0) is 8.43. The number of amides is 1. The highest BCUT2D eigenvalue weighted by atomic mass is 16.4. The van der Waals surface area contributed by atoms with E-state index in [1.807, 2.05) is 6.92 Å². The van der Waals surface area contributed by atoms with Crippen LogP contribution in [-0.2, 0) is 9.59 Å². The number of hydrogen-bond donors (Lipinski definition) is 1. The third kappa shape index (κ3) is 1.69. The standard InChI is InChI=1S/C7H11NO3/c1-5-2-3-8(7(5)11)4-6(9)10/h5H,2-4H2,1H3,(H,9,10). The first-order valence-corrected chi connectivity index (χ1v) is 3.62. The Morgan fingerprint density at radius 3 is 2.82 bits per heavy atom. The van der Waals surface area contributed by atoms with Gasteiger partial charge in [0.15, 0.2) is 0 Å². The molecule has 1 aliphatic heterocycles. The van der Waals surface area contributed by atoms with Crippen LogP contribution in [0.15, 0.2) is 0 Å². The molecule has 0 aliphatic carbocycles. The van der Waals surface area contributed by atoms with Gasteiger partial charge in [-0.25, -0.2) is 0 Å². The molecule has 62 valence electrons. The summed E-state index contributed by atoms with van der Waals surface area (Å²) in [7, 11) is 0. The number of carboxylic acid groups (broad SMARTS) is 1. The number of aliphatic carboxylic acids is 1. The number of nitrogens with zero attached hydrogens (tertiary/aromatic N) is 1. The lowest BCUT2D eigenvalue weighted by Gasteiger charge is -2.11. The maximum Gasteiger partial charge on any atom is 0.323 e. The quantitative estimate of drug-likeness (QED) is 0.610. The van der Waals surface area contributed by atoms with Crippen molar-refractivity contribution in [2.45, 2.75) is 13.3 Å². The van der Waals surface area contributed by atoms with Crippen molar-refractivity contribution in [2.75, 3.05) is 13.1 Å². The van der Waals surface area contributed by atoms with Crippen LogP contribution in [0.5, 0.6) is 0 Å². The molecule has 0 bridgehead atoms. The van der Waals surface area contributed by atoms with E-state index in [1.165, 1.54) is 4.90 Å². The van der Waals surface area contributed by atoms with Crippen LogP contribution in [0.4, 0.5) is 0 Å². The van der Waals surface area contributed by atoms with Crippen LogP contribution in [0.1, 0.15) is 13.3 Å². The number of likely N-dealkylation sites (tertiary alicyclic amines) is 1. The van der Waals surface area contributed by atoms with Gasteiger partial charge in [0.2, 0.25) is 5.91 Å². The van der Waals surface area contributed by atoms with Gasteiger partial charge in [0.1, 0.15) is 6.54 Å². The van der Waals surface area contributed by atoms with Crippen molar-refractivity contribution in [2.24, 2.45) is 5.92 Å². The molecule has 11 heavy (non-hydrogen) atoms. The number of rotatable bonds is 2. The Morgan fingerprint density at radius 2 is 2.45 bits per heavy atom. The third-order valence-electron chi connectivity index (χ3n) is 1.89. The van der Waals surface area contributed by atoms with Crippen LogP contribution in [0.3, 0.4) is 0 Å². The molecule has 1 atom stereocenters. The molecule has 4 nitrogen and oxygen atoms in total. The molecule has 1 fully saturated rings. The Bertz CT molecular complexity index is 190. The summed E-state index contributed by atoms with van der Waals surface area (Å²) in [6.45, 7) is 2.26. The molecule has 0 saturated carbocycles. The number of carbonyl (C=O) groups is 2. The highest BCUT2D eigenvalue weighted by Crippen LogP contribution is 2.15. The predicted molar refractivity (Wildman–Crippen MR) is 38.0 cm³/mol. The van der Waals surface area contributed by atoms with Crippen LogP contribution in [0, 0.1) is 5.92 Å². The molecule has 1 aliphatic rings. The summed E-state index contributed by atoms with van der Waals surface area (Å²) in [6, 6.07) is 0. The first-order valence-electron chi connectivity index (χ1n) is 3.62. The van der Waals surface area contributed by atoms with E-state index in [-0.39, 0.29) is 18.4 Å². The molecule has 1 rings (SSSR count). The van der Waals surface area contributed by atoms with Crippen LogP contribution in [-0.4, -0.2) is 35.0 Å². The van der Waals surface area contributed by atoms with Gasteiger partial charge in [0.05, 0.1) is 0 Å². The zero-order valence-electron chi connectivity index (χ0n) is 6.41. The fourth-order valence-corrected chi connectivity index (χ4v) is 1.22. The molecule has 4 heteroatoms. The summed E-state index contributed by atoms with van der Waals surface area (Å²) in [5.41, 5.74) is 0. The van der Waals surface area contributed by atoms with Gasteiger partial charge in [-0.1, -0.05) is 6.92 Å². The summed E-state index contributed by atoms with van der Waals surface area (Å²) >= 11 is 0. The van der Waals surface area contributed by atoms with Gasteiger partial charge in [-0.15, -0.1) is 0 Å². The highest BCUT2D eigenvalue weighted by molar-refractivity contribution is 5.84. The maximum atomic E-state index is 11.1.